The van der Waals surface area contributed by atoms with Crippen molar-refractivity contribution in [2.75, 3.05) is 0 Å². The topological polar surface area (TPSA) is 1650 Å². The Hall–Kier alpha value is 6.00. The molecule has 0 aliphatic heterocycles. The summed E-state index contributed by atoms with van der Waals surface area (Å²) in [4.78, 5) is 50.2. The van der Waals surface area contributed by atoms with Crippen molar-refractivity contribution in [3.8, 4) is 0 Å². The zero-order valence-corrected chi connectivity index (χ0v) is 70.4. The summed E-state index contributed by atoms with van der Waals surface area (Å²) in [5.74, 6) is 0. The van der Waals surface area contributed by atoms with Gasteiger partial charge in [-0.05, 0) is 0 Å². The van der Waals surface area contributed by atoms with Crippen molar-refractivity contribution >= 4 is 154 Å². The third-order valence-corrected chi connectivity index (χ3v) is 1.65. The van der Waals surface area contributed by atoms with Crippen LogP contribution in [-0.4, -0.2) is 154 Å². The molecule has 113 heavy (non-hydrogen) atoms. The molecule has 0 aliphatic carbocycles. The Morgan fingerprint density at radius 2 is 0.0796 bits per heavy atom. The van der Waals surface area contributed by atoms with E-state index in [9.17, 15) is 0 Å². The van der Waals surface area contributed by atoms with Gasteiger partial charge in [0.25, 0.3) is 0 Å². The van der Waals surface area contributed by atoms with E-state index in [1.54, 1.807) is 0 Å². The van der Waals surface area contributed by atoms with Crippen LogP contribution >= 0.6 is 0 Å². The van der Waals surface area contributed by atoms with Gasteiger partial charge in [-0.3, -0.25) is 0 Å². The molecule has 0 aliphatic rings. The average Bonchev–Trinajstić information content (AvgIpc) is 3.60. The second kappa shape index (κ2) is 199. The molecule has 0 radical (unpaired) electrons. The number of hydrogen-bond donors (Lipinski definition) is 0. The molecule has 0 aromatic rings. The maximum atomic E-state index is 8.81. The van der Waals surface area contributed by atoms with Gasteiger partial charge in [0.05, 0.1) is 0 Å². The zero-order valence-electron chi connectivity index (χ0n) is 54.4. The Balaban J connectivity index is -0.0000000242. The van der Waals surface area contributed by atoms with Crippen molar-refractivity contribution in [1.29, 1.82) is 0 Å². The minimum Gasteiger partial charge on any atom is -0.871 e. The summed E-state index contributed by atoms with van der Waals surface area (Å²) in [7, 11) is -56.1. The minimum absolute atomic E-state index is 0. The first-order valence-electron chi connectivity index (χ1n) is 18.3. The largest absolute Gasteiger partial charge is 1.00 e. The van der Waals surface area contributed by atoms with Crippen LogP contribution in [0.1, 0.15) is 0 Å². The predicted molar refractivity (Wildman–Crippen MR) is 144 cm³/mol. The first-order valence-corrected chi connectivity index (χ1v) is 18.3. The molecule has 0 rings (SSSR count). The molecule has 0 aromatic heterocycles. The fourth-order valence-corrected chi connectivity index (χ4v) is 0. The zero-order chi connectivity index (χ0) is 90.0. The van der Waals surface area contributed by atoms with E-state index in [0.717, 1.165) is 0 Å². The van der Waals surface area contributed by atoms with Crippen molar-refractivity contribution in [3.05, 3.63) is 0 Å². The molecule has 0 N–H and O–H groups in total. The van der Waals surface area contributed by atoms with Crippen molar-refractivity contribution in [2.24, 2.45) is 0 Å². The van der Waals surface area contributed by atoms with Gasteiger partial charge >= 0.3 is 236 Å². The normalized spacial score (nSPS) is 7.25. The Bertz CT molecular complexity index is 780. The minimum atomic E-state index is -2.67. The summed E-state index contributed by atoms with van der Waals surface area (Å²) in [5.41, 5.74) is 0. The van der Waals surface area contributed by atoms with Crippen molar-refractivity contribution in [3.63, 3.8) is 0 Å². The van der Waals surface area contributed by atoms with Gasteiger partial charge in [-0.2, -0.15) is 0 Å². The Morgan fingerprint density at radius 1 is 0.0708 bits per heavy atom. The summed E-state index contributed by atoms with van der Waals surface area (Å²) in [6.45, 7) is 0. The van der Waals surface area contributed by atoms with Gasteiger partial charge < -0.3 is 422 Å². The molecular formula is B21Na8O84-55. The smallest absolute Gasteiger partial charge is 0.871 e. The monoisotopic (exact) mass is 1760 g/mol. The van der Waals surface area contributed by atoms with Gasteiger partial charge in [-0.15, -0.1) is 0 Å². The van der Waals surface area contributed by atoms with E-state index in [1.807, 2.05) is 0 Å². The van der Waals surface area contributed by atoms with E-state index >= 15 is 0 Å². The van der Waals surface area contributed by atoms with Crippen LogP contribution in [0.5, 0.6) is 0 Å². The third kappa shape index (κ3) is 689. The molecule has 0 spiro atoms. The summed E-state index contributed by atoms with van der Waals surface area (Å²) < 4.78 is 0. The maximum Gasteiger partial charge on any atom is 1.00 e. The van der Waals surface area contributed by atoms with E-state index in [4.69, 9.17) is 321 Å². The van der Waals surface area contributed by atoms with Crippen LogP contribution in [0.3, 0.4) is 0 Å². The van der Waals surface area contributed by atoms with Crippen molar-refractivity contribution in [2.45, 2.75) is 0 Å². The summed E-state index contributed by atoms with van der Waals surface area (Å²) >= 11 is 0. The molecule has 630 valence electrons. The molecule has 84 nitrogen and oxygen atoms in total. The van der Waals surface area contributed by atoms with Crippen molar-refractivity contribution in [1.82, 2.24) is 0 Å². The molecule has 0 unspecified atom stereocenters. The van der Waals surface area contributed by atoms with E-state index in [1.165, 1.54) is 0 Å². The maximum absolute atomic E-state index is 8.81. The molecule has 0 amide bonds. The summed E-state index contributed by atoms with van der Waals surface area (Å²) in [6.07, 6.45) is 0. The van der Waals surface area contributed by atoms with Gasteiger partial charge in [0.1, 0.15) is 0 Å². The van der Waals surface area contributed by atoms with Crippen LogP contribution in [-0.2, 0) is 101 Å². The van der Waals surface area contributed by atoms with E-state index in [2.05, 4.69) is 101 Å². The molecular weight excluding hydrogens is 1750 g/mol. The Kier molecular flexibility index (Phi) is 361. The van der Waals surface area contributed by atoms with Crippen LogP contribution in [0.4, 0.5) is 0 Å². The second-order valence-electron chi connectivity index (χ2n) is 8.08. The Labute approximate surface area is 803 Å². The van der Waals surface area contributed by atoms with Crippen LogP contribution in [0.2, 0.25) is 0 Å². The third-order valence-electron chi connectivity index (χ3n) is 1.65. The summed E-state index contributed by atoms with van der Waals surface area (Å²) in [5, 5.41) is 548. The first-order chi connectivity index (χ1) is 47.7. The van der Waals surface area contributed by atoms with Gasteiger partial charge in [0.15, 0.2) is 0 Å². The SMILES string of the molecule is [Na+].[Na+].[Na+].[Na+].[Na+].[Na+].[Na+].[Na+].[O-]OB([O-])[O-].[O-]OB([O-])[O-].[O-]OB([O-])[O-].[O-]OB([O-])[O-].[O-]OB([O-])[O-].[O-]OB([O-])[O-].[O-]OB([O-])[O-].[O-]OB([O-])[O-].[O-]OB([O-])[O-].[O-]OB([O-])[O-].[O-]OB([O-])[O-].[O-]OB([O-])[O-].[O-]OB([O-])[O-].[O-]OB([O-])[O-].[O-]OB([O-])[O-].[O-]OB([O-])[O-].[O-]OB([O-])[O-].[O-]OB([O-])[O-].[O-]OB([O-])[O-].[O-]OB([O-])[O-].[O-]OB([O-])[O-]. The van der Waals surface area contributed by atoms with Gasteiger partial charge in [-0.25, -0.2) is 0 Å². The Morgan fingerprint density at radius 3 is 0.0796 bits per heavy atom. The molecule has 0 atom stereocenters. The first kappa shape index (κ1) is 205. The quantitative estimate of drug-likeness (QED) is 0.0585. The second-order valence-corrected chi connectivity index (χ2v) is 8.08. The van der Waals surface area contributed by atoms with E-state index < -0.39 is 154 Å². The fraction of sp³-hybridized carbons (Fsp3) is 0. The van der Waals surface area contributed by atoms with Crippen LogP contribution < -0.4 is 558 Å². The number of rotatable bonds is 21. The summed E-state index contributed by atoms with van der Waals surface area (Å²) in [6, 6.07) is 0. The van der Waals surface area contributed by atoms with E-state index in [-0.39, 0.29) is 236 Å². The van der Waals surface area contributed by atoms with Crippen LogP contribution in [0.15, 0.2) is 0 Å². The molecule has 0 saturated carbocycles. The number of hydrogen-bond acceptors (Lipinski definition) is 84. The molecule has 0 fully saturated rings. The molecule has 0 heterocycles. The standard InChI is InChI=1S/21BHO4.8Na/c21*2-1(3)5-4;;;;;;;;/h21*4H;;;;;;;;/q21*-2;8*+1/p-21. The molecule has 0 bridgehead atoms. The molecule has 113 heteroatoms. The molecule has 0 saturated heterocycles. The van der Waals surface area contributed by atoms with Gasteiger partial charge in [-0.1, -0.05) is 0 Å². The predicted octanol–water partition coefficient (Wildman–Crippen LogP) is -108. The van der Waals surface area contributed by atoms with Gasteiger partial charge in [0.2, 0.25) is 0 Å². The van der Waals surface area contributed by atoms with Crippen LogP contribution in [0.25, 0.3) is 0 Å². The van der Waals surface area contributed by atoms with E-state index in [0.29, 0.717) is 0 Å². The van der Waals surface area contributed by atoms with Gasteiger partial charge in [0, 0.05) is 154 Å². The molecule has 0 aromatic carbocycles. The average molecular weight is 1750 g/mol. The van der Waals surface area contributed by atoms with Crippen molar-refractivity contribution < 1.29 is 659 Å². The fourth-order valence-electron chi connectivity index (χ4n) is 0. The van der Waals surface area contributed by atoms with Crippen LogP contribution in [0, 0.1) is 0 Å².